The molecule has 0 aliphatic heterocycles. The van der Waals surface area contributed by atoms with Gasteiger partial charge in [-0.05, 0) is 66.2 Å². The molecule has 0 radical (unpaired) electrons. The second-order valence-corrected chi connectivity index (χ2v) is 13.4. The maximum atomic E-state index is 12.5. The Labute approximate surface area is 281 Å². The van der Waals surface area contributed by atoms with Crippen LogP contribution in [-0.2, 0) is 42.7 Å². The van der Waals surface area contributed by atoms with E-state index in [1.807, 2.05) is 12.1 Å². The molecule has 0 fully saturated rings. The molecule has 3 N–H and O–H groups in total. The van der Waals surface area contributed by atoms with Crippen molar-refractivity contribution in [2.24, 2.45) is 0 Å². The minimum Gasteiger partial charge on any atom is -0.504 e. The van der Waals surface area contributed by atoms with Crippen molar-refractivity contribution in [2.75, 3.05) is 27.4 Å². The number of aryl methyl sites for hydroxylation is 2. The van der Waals surface area contributed by atoms with Crippen molar-refractivity contribution in [2.45, 2.75) is 129 Å². The van der Waals surface area contributed by atoms with Crippen molar-refractivity contribution < 1.29 is 43.9 Å². The molecule has 2 rings (SSSR count). The third-order valence-electron chi connectivity index (χ3n) is 9.22. The number of carbonyl (C=O) groups is 2. The summed E-state index contributed by atoms with van der Waals surface area (Å²) in [4.78, 5) is 25.0. The molecule has 0 amide bonds. The number of ether oxygens (including phenoxy) is 4. The minimum absolute atomic E-state index is 0.0723. The van der Waals surface area contributed by atoms with Gasteiger partial charge in [0, 0.05) is 24.0 Å². The molecule has 2 aromatic carbocycles. The highest BCUT2D eigenvalue weighted by Gasteiger charge is 2.30. The van der Waals surface area contributed by atoms with Crippen LogP contribution in [0, 0.1) is 0 Å². The van der Waals surface area contributed by atoms with Crippen LogP contribution in [0.1, 0.15) is 122 Å². The summed E-state index contributed by atoms with van der Waals surface area (Å²) < 4.78 is 21.3. The molecule has 0 saturated heterocycles. The van der Waals surface area contributed by atoms with Crippen LogP contribution in [0.4, 0.5) is 0 Å². The van der Waals surface area contributed by atoms with Crippen LogP contribution in [0.15, 0.2) is 24.3 Å². The van der Waals surface area contributed by atoms with Gasteiger partial charge in [0.2, 0.25) is 0 Å². The molecule has 0 aliphatic rings. The Bertz CT molecular complexity index is 1300. The lowest BCUT2D eigenvalue weighted by Gasteiger charge is -2.30. The van der Waals surface area contributed by atoms with Crippen LogP contribution in [-0.4, -0.2) is 60.8 Å². The predicted molar refractivity (Wildman–Crippen MR) is 184 cm³/mol. The molecular weight excluding hydrogens is 600 g/mol. The summed E-state index contributed by atoms with van der Waals surface area (Å²) in [5.41, 5.74) is 2.79. The number of aliphatic hydroxyl groups is 1. The molecular formula is C38H58O9. The fraction of sp³-hybridized carbons (Fsp3) is 0.632. The SMILES string of the molecule is CCCCC(C)(C)c1cc(CCC(=O)OCC(O)COC(=O)CCc2cc(OC)c(O)c(C(C)(CC)CCCC)c2)cc(OC)c1O. The fourth-order valence-electron chi connectivity index (χ4n) is 5.79. The van der Waals surface area contributed by atoms with Gasteiger partial charge in [-0.25, -0.2) is 0 Å². The second-order valence-electron chi connectivity index (χ2n) is 13.4. The topological polar surface area (TPSA) is 132 Å². The Morgan fingerprint density at radius 3 is 1.62 bits per heavy atom. The number of aromatic hydroxyl groups is 2. The number of hydrogen-bond donors (Lipinski definition) is 3. The van der Waals surface area contributed by atoms with Crippen molar-refractivity contribution in [3.63, 3.8) is 0 Å². The van der Waals surface area contributed by atoms with Crippen LogP contribution < -0.4 is 9.47 Å². The van der Waals surface area contributed by atoms with E-state index in [0.717, 1.165) is 67.2 Å². The summed E-state index contributed by atoms with van der Waals surface area (Å²) in [5.74, 6) is 0.00324. The maximum absolute atomic E-state index is 12.5. The van der Waals surface area contributed by atoms with Crippen LogP contribution in [0.25, 0.3) is 0 Å². The van der Waals surface area contributed by atoms with Crippen molar-refractivity contribution in [1.29, 1.82) is 0 Å². The summed E-state index contributed by atoms with van der Waals surface area (Å²) in [5, 5.41) is 31.9. The second kappa shape index (κ2) is 18.8. The Hall–Kier alpha value is -3.46. The number of aliphatic hydroxyl groups excluding tert-OH is 1. The standard InChI is InChI=1S/C38H58O9/c1-9-12-18-37(4,5)29-20-26(22-31(44-7)35(29)42)14-16-33(40)46-24-28(39)25-47-34(41)17-15-27-21-30(36(43)32(23-27)45-8)38(6,11-3)19-13-10-2/h20-23,28,39,42-43H,9-19,24-25H2,1-8H3. The van der Waals surface area contributed by atoms with E-state index >= 15 is 0 Å². The first-order valence-corrected chi connectivity index (χ1v) is 17.0. The van der Waals surface area contributed by atoms with Crippen molar-refractivity contribution in [3.05, 3.63) is 46.5 Å². The monoisotopic (exact) mass is 658 g/mol. The fourth-order valence-corrected chi connectivity index (χ4v) is 5.79. The number of carbonyl (C=O) groups excluding carboxylic acids is 2. The van der Waals surface area contributed by atoms with Gasteiger partial charge in [0.05, 0.1) is 14.2 Å². The quantitative estimate of drug-likeness (QED) is 0.117. The first-order chi connectivity index (χ1) is 22.2. The van der Waals surface area contributed by atoms with Crippen LogP contribution in [0.3, 0.4) is 0 Å². The Kier molecular flexibility index (Phi) is 15.9. The molecule has 2 unspecified atom stereocenters. The van der Waals surface area contributed by atoms with E-state index in [1.54, 1.807) is 12.1 Å². The lowest BCUT2D eigenvalue weighted by atomic mass is 9.75. The number of hydrogen-bond acceptors (Lipinski definition) is 9. The van der Waals surface area contributed by atoms with E-state index in [0.29, 0.717) is 24.3 Å². The Morgan fingerprint density at radius 1 is 0.723 bits per heavy atom. The van der Waals surface area contributed by atoms with Gasteiger partial charge in [-0.3, -0.25) is 9.59 Å². The first kappa shape index (κ1) is 39.7. The molecule has 2 atom stereocenters. The molecule has 9 nitrogen and oxygen atoms in total. The highest BCUT2D eigenvalue weighted by Crippen LogP contribution is 2.44. The number of phenols is 2. The normalized spacial score (nSPS) is 13.5. The first-order valence-electron chi connectivity index (χ1n) is 17.0. The van der Waals surface area contributed by atoms with E-state index in [1.165, 1.54) is 14.2 Å². The minimum atomic E-state index is -1.16. The van der Waals surface area contributed by atoms with Gasteiger partial charge in [-0.2, -0.15) is 0 Å². The average Bonchev–Trinajstić information content (AvgIpc) is 3.06. The highest BCUT2D eigenvalue weighted by atomic mass is 16.6. The Morgan fingerprint density at radius 2 is 1.17 bits per heavy atom. The number of benzene rings is 2. The van der Waals surface area contributed by atoms with Crippen molar-refractivity contribution in [3.8, 4) is 23.0 Å². The lowest BCUT2D eigenvalue weighted by molar-refractivity contribution is -0.152. The molecule has 264 valence electrons. The summed E-state index contributed by atoms with van der Waals surface area (Å²) in [6.07, 6.45) is 6.57. The zero-order valence-electron chi connectivity index (χ0n) is 29.9. The maximum Gasteiger partial charge on any atom is 0.306 e. The molecule has 0 aromatic heterocycles. The number of rotatable bonds is 21. The molecule has 0 aliphatic carbocycles. The van der Waals surface area contributed by atoms with Gasteiger partial charge in [-0.15, -0.1) is 0 Å². The molecule has 0 heterocycles. The van der Waals surface area contributed by atoms with Crippen LogP contribution in [0.2, 0.25) is 0 Å². The van der Waals surface area contributed by atoms with Crippen LogP contribution in [0.5, 0.6) is 23.0 Å². The molecule has 9 heteroatoms. The van der Waals surface area contributed by atoms with Gasteiger partial charge in [0.25, 0.3) is 0 Å². The van der Waals surface area contributed by atoms with Gasteiger partial charge < -0.3 is 34.3 Å². The van der Waals surface area contributed by atoms with E-state index < -0.39 is 18.0 Å². The number of unbranched alkanes of at least 4 members (excludes halogenated alkanes) is 2. The molecule has 0 saturated carbocycles. The third-order valence-corrected chi connectivity index (χ3v) is 9.22. The van der Waals surface area contributed by atoms with E-state index in [-0.39, 0.29) is 48.4 Å². The van der Waals surface area contributed by atoms with Crippen molar-refractivity contribution >= 4 is 11.9 Å². The largest absolute Gasteiger partial charge is 0.504 e. The van der Waals surface area contributed by atoms with Gasteiger partial charge in [0.1, 0.15) is 19.3 Å². The zero-order chi connectivity index (χ0) is 35.2. The molecule has 2 aromatic rings. The van der Waals surface area contributed by atoms with E-state index in [4.69, 9.17) is 18.9 Å². The average molecular weight is 659 g/mol. The van der Waals surface area contributed by atoms with Gasteiger partial charge >= 0.3 is 11.9 Å². The van der Waals surface area contributed by atoms with Gasteiger partial charge in [0.15, 0.2) is 23.0 Å². The third kappa shape index (κ3) is 11.6. The molecule has 0 bridgehead atoms. The lowest BCUT2D eigenvalue weighted by Crippen LogP contribution is -2.25. The Balaban J connectivity index is 1.89. The van der Waals surface area contributed by atoms with Crippen LogP contribution >= 0.6 is 0 Å². The van der Waals surface area contributed by atoms with Crippen molar-refractivity contribution in [1.82, 2.24) is 0 Å². The molecule has 0 spiro atoms. The highest BCUT2D eigenvalue weighted by molar-refractivity contribution is 5.70. The smallest absolute Gasteiger partial charge is 0.306 e. The zero-order valence-corrected chi connectivity index (χ0v) is 29.9. The number of esters is 2. The summed E-state index contributed by atoms with van der Waals surface area (Å²) in [6, 6.07) is 7.32. The van der Waals surface area contributed by atoms with E-state index in [2.05, 4.69) is 41.5 Å². The number of methoxy groups -OCH3 is 2. The number of phenolic OH excluding ortho intramolecular Hbond substituents is 2. The van der Waals surface area contributed by atoms with Gasteiger partial charge in [-0.1, -0.05) is 79.4 Å². The van der Waals surface area contributed by atoms with E-state index in [9.17, 15) is 24.9 Å². The molecule has 47 heavy (non-hydrogen) atoms. The predicted octanol–water partition coefficient (Wildman–Crippen LogP) is 7.45. The summed E-state index contributed by atoms with van der Waals surface area (Å²) in [7, 11) is 3.01. The summed E-state index contributed by atoms with van der Waals surface area (Å²) in [6.45, 7) is 12.1. The summed E-state index contributed by atoms with van der Waals surface area (Å²) >= 11 is 0.